The molecule has 3 heterocycles. The minimum atomic E-state index is -3.94. The average Bonchev–Trinajstić information content (AvgIpc) is 3.52. The van der Waals surface area contributed by atoms with E-state index in [0.29, 0.717) is 40.9 Å². The first kappa shape index (κ1) is 28.7. The van der Waals surface area contributed by atoms with Crippen molar-refractivity contribution in [1.29, 1.82) is 0 Å². The number of carbonyl (C=O) groups is 1. The number of rotatable bonds is 11. The molecule has 0 saturated carbocycles. The zero-order chi connectivity index (χ0) is 28.3. The van der Waals surface area contributed by atoms with Crippen LogP contribution in [0.5, 0.6) is 11.5 Å². The molecule has 1 aromatic carbocycles. The van der Waals surface area contributed by atoms with Gasteiger partial charge < -0.3 is 19.5 Å². The van der Waals surface area contributed by atoms with Crippen LogP contribution in [0.15, 0.2) is 30.6 Å². The zero-order valence-corrected chi connectivity index (χ0v) is 23.9. The van der Waals surface area contributed by atoms with Crippen molar-refractivity contribution in [3.63, 3.8) is 0 Å². The van der Waals surface area contributed by atoms with Crippen LogP contribution >= 0.6 is 11.6 Å². The minimum Gasteiger partial charge on any atom is -0.494 e. The lowest BCUT2D eigenvalue weighted by atomic mass is 10.2. The summed E-state index contributed by atoms with van der Waals surface area (Å²) in [5.41, 5.74) is 0.428. The molecule has 0 unspecified atom stereocenters. The smallest absolute Gasteiger partial charge is 0.220 e. The van der Waals surface area contributed by atoms with Crippen LogP contribution in [0, 0.1) is 0 Å². The van der Waals surface area contributed by atoms with Crippen molar-refractivity contribution in [2.24, 2.45) is 0 Å². The second-order valence-electron chi connectivity index (χ2n) is 9.36. The highest BCUT2D eigenvalue weighted by molar-refractivity contribution is 7.91. The Bertz CT molecular complexity index is 1410. The van der Waals surface area contributed by atoms with E-state index in [2.05, 4.69) is 25.5 Å². The summed E-state index contributed by atoms with van der Waals surface area (Å²) in [4.78, 5) is 20.4. The van der Waals surface area contributed by atoms with Crippen LogP contribution in [0.1, 0.15) is 63.2 Å². The fourth-order valence-electron chi connectivity index (χ4n) is 4.40. The number of ether oxygens (including phenoxy) is 3. The lowest BCUT2D eigenvalue weighted by Crippen LogP contribution is -2.32. The minimum absolute atomic E-state index is 0.124. The summed E-state index contributed by atoms with van der Waals surface area (Å²) in [6, 6.07) is 4.73. The SMILES string of the molecule is COc1cccc(OC)c1-n1c(CS(=O)(=O)[C@@H](C)[C@@H](OC(C)C)c2ncc(Cl)cn2)nnc1[C@@H]1CCC(=O)N1. The topological polar surface area (TPSA) is 147 Å². The van der Waals surface area contributed by atoms with Crippen molar-refractivity contribution in [3.8, 4) is 17.2 Å². The van der Waals surface area contributed by atoms with Crippen molar-refractivity contribution >= 4 is 27.3 Å². The molecule has 12 nitrogen and oxygen atoms in total. The fraction of sp³-hybridized carbons (Fsp3) is 0.480. The molecule has 1 aliphatic heterocycles. The van der Waals surface area contributed by atoms with Gasteiger partial charge in [0, 0.05) is 18.8 Å². The van der Waals surface area contributed by atoms with Gasteiger partial charge in [-0.05, 0) is 39.3 Å². The number of nitrogens with zero attached hydrogens (tertiary/aromatic N) is 5. The summed E-state index contributed by atoms with van der Waals surface area (Å²) < 4.78 is 46.5. The summed E-state index contributed by atoms with van der Waals surface area (Å²) in [6.45, 7) is 5.15. The number of aromatic nitrogens is 5. The summed E-state index contributed by atoms with van der Waals surface area (Å²) in [7, 11) is -0.941. The quantitative estimate of drug-likeness (QED) is 0.360. The van der Waals surface area contributed by atoms with Gasteiger partial charge in [-0.1, -0.05) is 17.7 Å². The normalized spacial score (nSPS) is 17.2. The van der Waals surface area contributed by atoms with E-state index in [9.17, 15) is 13.2 Å². The van der Waals surface area contributed by atoms with E-state index in [4.69, 9.17) is 25.8 Å². The molecule has 0 radical (unpaired) electrons. The molecule has 210 valence electrons. The van der Waals surface area contributed by atoms with E-state index in [1.807, 2.05) is 0 Å². The summed E-state index contributed by atoms with van der Waals surface area (Å²) >= 11 is 5.94. The molecule has 0 bridgehead atoms. The summed E-state index contributed by atoms with van der Waals surface area (Å²) in [5, 5.41) is 10.7. The van der Waals surface area contributed by atoms with Crippen molar-refractivity contribution in [1.82, 2.24) is 30.0 Å². The average molecular weight is 579 g/mol. The highest BCUT2D eigenvalue weighted by atomic mass is 35.5. The first-order valence-electron chi connectivity index (χ1n) is 12.3. The molecule has 1 saturated heterocycles. The van der Waals surface area contributed by atoms with Crippen LogP contribution in [-0.2, 0) is 25.1 Å². The molecule has 0 aliphatic carbocycles. The monoisotopic (exact) mass is 578 g/mol. The number of carbonyl (C=O) groups excluding carboxylic acids is 1. The molecule has 3 aromatic rings. The number of benzene rings is 1. The van der Waals surface area contributed by atoms with E-state index in [1.165, 1.54) is 26.6 Å². The third kappa shape index (κ3) is 6.15. The van der Waals surface area contributed by atoms with Gasteiger partial charge >= 0.3 is 0 Å². The van der Waals surface area contributed by atoms with Gasteiger partial charge in [-0.3, -0.25) is 9.36 Å². The molecule has 4 rings (SSSR count). The predicted octanol–water partition coefficient (Wildman–Crippen LogP) is 3.15. The number of para-hydroxylation sites is 1. The van der Waals surface area contributed by atoms with Crippen LogP contribution in [0.25, 0.3) is 5.69 Å². The number of halogens is 1. The lowest BCUT2D eigenvalue weighted by molar-refractivity contribution is -0.119. The molecule has 39 heavy (non-hydrogen) atoms. The first-order chi connectivity index (χ1) is 18.6. The fourth-order valence-corrected chi connectivity index (χ4v) is 5.87. The van der Waals surface area contributed by atoms with E-state index in [0.717, 1.165) is 0 Å². The van der Waals surface area contributed by atoms with Crippen molar-refractivity contribution < 1.29 is 27.4 Å². The number of nitrogens with one attached hydrogen (secondary N) is 1. The third-order valence-corrected chi connectivity index (χ3v) is 8.56. The second kappa shape index (κ2) is 11.8. The largest absolute Gasteiger partial charge is 0.494 e. The molecule has 1 fully saturated rings. The van der Waals surface area contributed by atoms with Gasteiger partial charge in [-0.25, -0.2) is 18.4 Å². The number of amides is 1. The van der Waals surface area contributed by atoms with Gasteiger partial charge in [0.2, 0.25) is 5.91 Å². The van der Waals surface area contributed by atoms with Crippen LogP contribution in [0.4, 0.5) is 0 Å². The lowest BCUT2D eigenvalue weighted by Gasteiger charge is -2.25. The van der Waals surface area contributed by atoms with E-state index in [-0.39, 0.29) is 23.7 Å². The highest BCUT2D eigenvalue weighted by Crippen LogP contribution is 2.37. The molecule has 0 spiro atoms. The van der Waals surface area contributed by atoms with Crippen LogP contribution in [-0.4, -0.2) is 64.6 Å². The maximum absolute atomic E-state index is 13.9. The van der Waals surface area contributed by atoms with Gasteiger partial charge in [-0.15, -0.1) is 10.2 Å². The number of methoxy groups -OCH3 is 2. The Balaban J connectivity index is 1.79. The maximum atomic E-state index is 13.9. The maximum Gasteiger partial charge on any atom is 0.220 e. The number of hydrogen-bond acceptors (Lipinski definition) is 10. The Morgan fingerprint density at radius 3 is 2.28 bits per heavy atom. The Morgan fingerprint density at radius 1 is 1.10 bits per heavy atom. The molecule has 14 heteroatoms. The Hall–Kier alpha value is -3.29. The number of sulfone groups is 1. The van der Waals surface area contributed by atoms with E-state index >= 15 is 0 Å². The van der Waals surface area contributed by atoms with E-state index < -0.39 is 33.0 Å². The van der Waals surface area contributed by atoms with Crippen molar-refractivity contribution in [2.75, 3.05) is 14.2 Å². The molecular weight excluding hydrogens is 548 g/mol. The Morgan fingerprint density at radius 2 is 1.74 bits per heavy atom. The highest BCUT2D eigenvalue weighted by Gasteiger charge is 2.37. The van der Waals surface area contributed by atoms with Crippen LogP contribution in [0.3, 0.4) is 0 Å². The Kier molecular flexibility index (Phi) is 8.72. The molecule has 2 aromatic heterocycles. The van der Waals surface area contributed by atoms with Gasteiger partial charge in [0.05, 0.1) is 36.6 Å². The third-order valence-electron chi connectivity index (χ3n) is 6.32. The molecule has 1 amide bonds. The molecular formula is C25H31ClN6O6S. The van der Waals surface area contributed by atoms with Gasteiger partial charge in [0.25, 0.3) is 0 Å². The predicted molar refractivity (Wildman–Crippen MR) is 143 cm³/mol. The molecule has 1 aliphatic rings. The Labute approximate surface area is 232 Å². The first-order valence-corrected chi connectivity index (χ1v) is 14.4. The van der Waals surface area contributed by atoms with Crippen LogP contribution < -0.4 is 14.8 Å². The van der Waals surface area contributed by atoms with Gasteiger partial charge in [0.15, 0.2) is 27.3 Å². The van der Waals surface area contributed by atoms with Gasteiger partial charge in [-0.2, -0.15) is 0 Å². The summed E-state index contributed by atoms with van der Waals surface area (Å²) in [5.74, 6) is 0.921. The zero-order valence-electron chi connectivity index (χ0n) is 22.3. The molecule has 1 N–H and O–H groups in total. The standard InChI is InChI=1S/C25H31ClN6O6S/c1-14(2)38-23(24-27-11-16(26)12-28-24)15(3)39(34,35)13-20-30-31-25(17-9-10-21(33)29-17)32(20)22-18(36-4)7-6-8-19(22)37-5/h6-8,11-12,14-15,17,23H,9-10,13H2,1-5H3,(H,29,33)/t15-,17-,23+/m0/s1. The number of hydrogen-bond donors (Lipinski definition) is 1. The second-order valence-corrected chi connectivity index (χ2v) is 12.2. The van der Waals surface area contributed by atoms with Crippen LogP contribution in [0.2, 0.25) is 5.02 Å². The van der Waals surface area contributed by atoms with Crippen molar-refractivity contribution in [3.05, 3.63) is 53.1 Å². The summed E-state index contributed by atoms with van der Waals surface area (Å²) in [6.07, 6.45) is 2.33. The van der Waals surface area contributed by atoms with Crippen molar-refractivity contribution in [2.45, 2.75) is 62.9 Å². The molecule has 3 atom stereocenters. The van der Waals surface area contributed by atoms with E-state index in [1.54, 1.807) is 43.5 Å². The van der Waals surface area contributed by atoms with Gasteiger partial charge in [0.1, 0.15) is 29.0 Å².